The molecule has 2 fully saturated rings. The van der Waals surface area contributed by atoms with Gasteiger partial charge in [0.15, 0.2) is 0 Å². The number of anilines is 1. The van der Waals surface area contributed by atoms with Gasteiger partial charge in [-0.2, -0.15) is 5.26 Å². The van der Waals surface area contributed by atoms with E-state index in [9.17, 15) is 9.65 Å². The van der Waals surface area contributed by atoms with E-state index in [1.54, 1.807) is 12.1 Å². The van der Waals surface area contributed by atoms with Crippen LogP contribution >= 0.6 is 12.4 Å². The van der Waals surface area contributed by atoms with E-state index >= 15 is 0 Å². The maximum Gasteiger partial charge on any atom is 0.133 e. The molecule has 0 bridgehead atoms. The Balaban J connectivity index is 0.00000240. The number of piperidine rings is 1. The predicted octanol–water partition coefficient (Wildman–Crippen LogP) is 4.18. The van der Waals surface area contributed by atoms with Crippen molar-refractivity contribution in [1.29, 1.82) is 5.26 Å². The van der Waals surface area contributed by atoms with Gasteiger partial charge in [-0.3, -0.25) is 0 Å². The molecule has 0 saturated carbocycles. The Kier molecular flexibility index (Phi) is 6.63. The second-order valence-electron chi connectivity index (χ2n) is 7.48. The molecule has 1 spiro atoms. The summed E-state index contributed by atoms with van der Waals surface area (Å²) in [6, 6.07) is 12.1. The van der Waals surface area contributed by atoms with Gasteiger partial charge in [-0.1, -0.05) is 6.07 Å². The highest BCUT2D eigenvalue weighted by atomic mass is 35.5. The van der Waals surface area contributed by atoms with Gasteiger partial charge in [-0.05, 0) is 38.0 Å². The van der Waals surface area contributed by atoms with Gasteiger partial charge in [0.05, 0.1) is 23.8 Å². The molecule has 5 nitrogen and oxygen atoms in total. The Hall–Kier alpha value is -2.33. The number of nitrogens with one attached hydrogen (secondary N) is 1. The molecular weight excluding hydrogens is 393 g/mol. The van der Waals surface area contributed by atoms with E-state index in [4.69, 9.17) is 9.47 Å². The summed E-state index contributed by atoms with van der Waals surface area (Å²) in [5.41, 5.74) is 2.20. The van der Waals surface area contributed by atoms with E-state index < -0.39 is 0 Å². The Morgan fingerprint density at radius 3 is 2.69 bits per heavy atom. The fourth-order valence-electron chi connectivity index (χ4n) is 3.94. The first kappa shape index (κ1) is 21.4. The molecule has 0 aromatic heterocycles. The third kappa shape index (κ3) is 4.64. The molecule has 1 N–H and O–H groups in total. The number of rotatable bonds is 3. The normalized spacial score (nSPS) is 18.0. The predicted molar refractivity (Wildman–Crippen MR) is 113 cm³/mol. The highest BCUT2D eigenvalue weighted by Crippen LogP contribution is 2.35. The van der Waals surface area contributed by atoms with Gasteiger partial charge < -0.3 is 19.7 Å². The van der Waals surface area contributed by atoms with Crippen LogP contribution in [0.1, 0.15) is 24.0 Å². The first-order chi connectivity index (χ1) is 13.6. The van der Waals surface area contributed by atoms with Crippen LogP contribution in [0, 0.1) is 24.1 Å². The van der Waals surface area contributed by atoms with Crippen molar-refractivity contribution in [3.8, 4) is 17.6 Å². The van der Waals surface area contributed by atoms with Crippen molar-refractivity contribution >= 4 is 18.1 Å². The molecule has 29 heavy (non-hydrogen) atoms. The number of hydrogen-bond donors (Lipinski definition) is 1. The van der Waals surface area contributed by atoms with Gasteiger partial charge in [0.1, 0.15) is 17.3 Å². The van der Waals surface area contributed by atoms with Gasteiger partial charge in [0, 0.05) is 49.6 Å². The van der Waals surface area contributed by atoms with Crippen molar-refractivity contribution in [3.63, 3.8) is 0 Å². The molecule has 2 aliphatic rings. The zero-order chi connectivity index (χ0) is 19.6. The lowest BCUT2D eigenvalue weighted by atomic mass is 9.89. The third-order valence-electron chi connectivity index (χ3n) is 5.66. The number of hydrogen-bond acceptors (Lipinski definition) is 5. The van der Waals surface area contributed by atoms with Crippen LogP contribution in [0.15, 0.2) is 36.4 Å². The van der Waals surface area contributed by atoms with Crippen LogP contribution in [-0.4, -0.2) is 38.4 Å². The Labute approximate surface area is 176 Å². The number of benzene rings is 2. The van der Waals surface area contributed by atoms with Gasteiger partial charge in [0.25, 0.3) is 0 Å². The summed E-state index contributed by atoms with van der Waals surface area (Å²) in [4.78, 5) is 2.27. The molecular formula is C22H25ClFN3O2. The zero-order valence-corrected chi connectivity index (χ0v) is 17.2. The second kappa shape index (κ2) is 9.00. The quantitative estimate of drug-likeness (QED) is 0.811. The molecule has 7 heteroatoms. The number of halogens is 2. The summed E-state index contributed by atoms with van der Waals surface area (Å²) in [6.45, 7) is 6.13. The molecule has 2 heterocycles. The lowest BCUT2D eigenvalue weighted by Crippen LogP contribution is -2.55. The SMILES string of the molecule is Cc1c(C#N)cc(N2CCC3(CC2)CNCCO3)cc1Oc1cccc(F)c1.Cl. The van der Waals surface area contributed by atoms with E-state index in [1.807, 2.05) is 19.1 Å². The second-order valence-corrected chi connectivity index (χ2v) is 7.48. The Bertz CT molecular complexity index is 899. The summed E-state index contributed by atoms with van der Waals surface area (Å²) in [6.07, 6.45) is 1.88. The molecule has 2 saturated heterocycles. The van der Waals surface area contributed by atoms with E-state index in [0.29, 0.717) is 17.1 Å². The molecule has 2 aromatic rings. The van der Waals surface area contributed by atoms with Crippen molar-refractivity contribution in [3.05, 3.63) is 53.3 Å². The van der Waals surface area contributed by atoms with Crippen molar-refractivity contribution in [2.45, 2.75) is 25.4 Å². The standard InChI is InChI=1S/C22H24FN3O2.ClH/c1-16-17(14-24)11-19(13-21(16)28-20-4-2-3-18(23)12-20)26-8-5-22(6-9-26)15-25-7-10-27-22;/h2-4,11-13,25H,5-10,15H2,1H3;1H. The minimum Gasteiger partial charge on any atom is -0.457 e. The molecule has 0 radical (unpaired) electrons. The minimum atomic E-state index is -0.353. The topological polar surface area (TPSA) is 57.5 Å². The largest absolute Gasteiger partial charge is 0.457 e. The summed E-state index contributed by atoms with van der Waals surface area (Å²) in [5.74, 6) is 0.646. The average Bonchev–Trinajstić information content (AvgIpc) is 2.71. The first-order valence-corrected chi connectivity index (χ1v) is 9.66. The smallest absolute Gasteiger partial charge is 0.133 e. The minimum absolute atomic E-state index is 0. The molecule has 0 amide bonds. The maximum absolute atomic E-state index is 13.5. The van der Waals surface area contributed by atoms with Crippen molar-refractivity contribution in [1.82, 2.24) is 5.32 Å². The molecule has 154 valence electrons. The Morgan fingerprint density at radius 1 is 1.24 bits per heavy atom. The van der Waals surface area contributed by atoms with E-state index in [2.05, 4.69) is 16.3 Å². The van der Waals surface area contributed by atoms with Gasteiger partial charge in [-0.15, -0.1) is 12.4 Å². The Morgan fingerprint density at radius 2 is 2.03 bits per heavy atom. The summed E-state index contributed by atoms with van der Waals surface area (Å²) in [7, 11) is 0. The van der Waals surface area contributed by atoms with Crippen LogP contribution in [0.2, 0.25) is 0 Å². The van der Waals surface area contributed by atoms with Crippen molar-refractivity contribution < 1.29 is 13.9 Å². The zero-order valence-electron chi connectivity index (χ0n) is 16.4. The van der Waals surface area contributed by atoms with E-state index in [1.165, 1.54) is 12.1 Å². The molecule has 0 unspecified atom stereocenters. The molecule has 4 rings (SSSR count). The number of ether oxygens (including phenoxy) is 2. The van der Waals surface area contributed by atoms with Gasteiger partial charge in [-0.25, -0.2) is 4.39 Å². The highest BCUT2D eigenvalue weighted by molar-refractivity contribution is 5.85. The molecule has 0 aliphatic carbocycles. The summed E-state index contributed by atoms with van der Waals surface area (Å²) < 4.78 is 25.5. The van der Waals surface area contributed by atoms with Gasteiger partial charge in [0.2, 0.25) is 0 Å². The van der Waals surface area contributed by atoms with E-state index in [0.717, 1.165) is 56.9 Å². The number of nitrogens with zero attached hydrogens (tertiary/aromatic N) is 2. The maximum atomic E-state index is 13.5. The van der Waals surface area contributed by atoms with Crippen LogP contribution in [0.5, 0.6) is 11.5 Å². The van der Waals surface area contributed by atoms with Crippen LogP contribution < -0.4 is 15.0 Å². The monoisotopic (exact) mass is 417 g/mol. The number of morpholine rings is 1. The van der Waals surface area contributed by atoms with Crippen LogP contribution in [0.4, 0.5) is 10.1 Å². The third-order valence-corrected chi connectivity index (χ3v) is 5.66. The van der Waals surface area contributed by atoms with Crippen LogP contribution in [-0.2, 0) is 4.74 Å². The van der Waals surface area contributed by atoms with Crippen molar-refractivity contribution in [2.75, 3.05) is 37.7 Å². The van der Waals surface area contributed by atoms with Gasteiger partial charge >= 0.3 is 0 Å². The highest BCUT2D eigenvalue weighted by Gasteiger charge is 2.37. The van der Waals surface area contributed by atoms with Crippen LogP contribution in [0.25, 0.3) is 0 Å². The van der Waals surface area contributed by atoms with E-state index in [-0.39, 0.29) is 23.8 Å². The molecule has 0 atom stereocenters. The molecule has 2 aliphatic heterocycles. The summed E-state index contributed by atoms with van der Waals surface area (Å²) >= 11 is 0. The van der Waals surface area contributed by atoms with Crippen LogP contribution in [0.3, 0.4) is 0 Å². The lowest BCUT2D eigenvalue weighted by molar-refractivity contribution is -0.0799. The molecule has 2 aromatic carbocycles. The fraction of sp³-hybridized carbons (Fsp3) is 0.409. The number of nitriles is 1. The first-order valence-electron chi connectivity index (χ1n) is 9.66. The van der Waals surface area contributed by atoms with Crippen molar-refractivity contribution in [2.24, 2.45) is 0 Å². The average molecular weight is 418 g/mol. The summed E-state index contributed by atoms with van der Waals surface area (Å²) in [5, 5.41) is 13.0. The lowest BCUT2D eigenvalue weighted by Gasteiger charge is -2.44. The fourth-order valence-corrected chi connectivity index (χ4v) is 3.94.